The van der Waals surface area contributed by atoms with Gasteiger partial charge in [0.1, 0.15) is 5.76 Å². The summed E-state index contributed by atoms with van der Waals surface area (Å²) in [7, 11) is 0. The highest BCUT2D eigenvalue weighted by molar-refractivity contribution is 6.29. The minimum Gasteiger partial charge on any atom is -0.361 e. The van der Waals surface area contributed by atoms with Crippen LogP contribution < -0.4 is 5.32 Å². The molecular weight excluding hydrogens is 268 g/mol. The van der Waals surface area contributed by atoms with E-state index in [9.17, 15) is 4.79 Å². The molecule has 1 N–H and O–H groups in total. The van der Waals surface area contributed by atoms with Crippen molar-refractivity contribution < 1.29 is 9.32 Å². The van der Waals surface area contributed by atoms with Crippen molar-refractivity contribution in [3.8, 4) is 0 Å². The van der Waals surface area contributed by atoms with Gasteiger partial charge in [0.2, 0.25) is 0 Å². The van der Waals surface area contributed by atoms with Crippen LogP contribution in [0.2, 0.25) is 5.15 Å². The Morgan fingerprint density at radius 1 is 1.37 bits per heavy atom. The van der Waals surface area contributed by atoms with Crippen LogP contribution in [0.5, 0.6) is 0 Å². The van der Waals surface area contributed by atoms with Gasteiger partial charge in [-0.15, -0.1) is 10.2 Å². The van der Waals surface area contributed by atoms with E-state index < -0.39 is 0 Å². The first-order chi connectivity index (χ1) is 8.99. The summed E-state index contributed by atoms with van der Waals surface area (Å²) >= 11 is 5.62. The number of aromatic nitrogens is 3. The van der Waals surface area contributed by atoms with Gasteiger partial charge in [0.25, 0.3) is 5.91 Å². The average Bonchev–Trinajstić information content (AvgIpc) is 2.69. The largest absolute Gasteiger partial charge is 0.361 e. The summed E-state index contributed by atoms with van der Waals surface area (Å²) in [6.07, 6.45) is 0. The molecule has 0 saturated heterocycles. The first-order valence-corrected chi connectivity index (χ1v) is 6.09. The van der Waals surface area contributed by atoms with Gasteiger partial charge in [0.15, 0.2) is 10.8 Å². The van der Waals surface area contributed by atoms with E-state index >= 15 is 0 Å². The molecule has 1 amide bonds. The van der Waals surface area contributed by atoms with E-state index in [2.05, 4.69) is 20.7 Å². The second-order valence-electron chi connectivity index (χ2n) is 4.17. The molecule has 0 aliphatic rings. The molecule has 0 saturated carbocycles. The summed E-state index contributed by atoms with van der Waals surface area (Å²) in [4.78, 5) is 12.0. The van der Waals surface area contributed by atoms with Gasteiger partial charge in [-0.3, -0.25) is 4.79 Å². The molecule has 0 bridgehead atoms. The van der Waals surface area contributed by atoms with Crippen molar-refractivity contribution in [2.75, 3.05) is 0 Å². The minimum atomic E-state index is -0.323. The molecule has 2 heterocycles. The van der Waals surface area contributed by atoms with Gasteiger partial charge in [-0.1, -0.05) is 16.8 Å². The third-order valence-corrected chi connectivity index (χ3v) is 2.94. The molecule has 0 aliphatic carbocycles. The van der Waals surface area contributed by atoms with Crippen LogP contribution in [0.25, 0.3) is 0 Å². The van der Waals surface area contributed by atoms with Gasteiger partial charge >= 0.3 is 0 Å². The second kappa shape index (κ2) is 5.36. The predicted molar refractivity (Wildman–Crippen MR) is 68.9 cm³/mol. The SMILES string of the molecule is Cc1noc(C)c1C(C)NC(=O)c1ccc(Cl)nn1. The maximum atomic E-state index is 12.0. The zero-order valence-corrected chi connectivity index (χ0v) is 11.5. The Labute approximate surface area is 115 Å². The van der Waals surface area contributed by atoms with E-state index in [1.165, 1.54) is 12.1 Å². The van der Waals surface area contributed by atoms with Crippen molar-refractivity contribution >= 4 is 17.5 Å². The molecule has 1 atom stereocenters. The van der Waals surface area contributed by atoms with Crippen molar-refractivity contribution in [2.45, 2.75) is 26.8 Å². The highest BCUT2D eigenvalue weighted by Crippen LogP contribution is 2.21. The molecule has 0 fully saturated rings. The fourth-order valence-corrected chi connectivity index (χ4v) is 1.99. The lowest BCUT2D eigenvalue weighted by molar-refractivity contribution is 0.0933. The molecule has 2 aromatic rings. The van der Waals surface area contributed by atoms with Gasteiger partial charge in [0.05, 0.1) is 11.7 Å². The van der Waals surface area contributed by atoms with Crippen molar-refractivity contribution in [3.63, 3.8) is 0 Å². The molecule has 7 heteroatoms. The first kappa shape index (κ1) is 13.5. The number of carbonyl (C=O) groups excluding carboxylic acids is 1. The molecule has 0 aliphatic heterocycles. The highest BCUT2D eigenvalue weighted by Gasteiger charge is 2.19. The molecule has 2 rings (SSSR count). The molecule has 19 heavy (non-hydrogen) atoms. The third kappa shape index (κ3) is 2.90. The van der Waals surface area contributed by atoms with Crippen LogP contribution >= 0.6 is 11.6 Å². The number of nitrogens with zero attached hydrogens (tertiary/aromatic N) is 3. The summed E-state index contributed by atoms with van der Waals surface area (Å²) in [6.45, 7) is 5.49. The van der Waals surface area contributed by atoms with E-state index in [0.717, 1.165) is 11.3 Å². The van der Waals surface area contributed by atoms with Crippen LogP contribution in [0.4, 0.5) is 0 Å². The molecule has 100 valence electrons. The Balaban J connectivity index is 2.13. The van der Waals surface area contributed by atoms with E-state index in [4.69, 9.17) is 16.1 Å². The summed E-state index contributed by atoms with van der Waals surface area (Å²) in [5.74, 6) is 0.365. The third-order valence-electron chi connectivity index (χ3n) is 2.73. The van der Waals surface area contributed by atoms with E-state index in [1.807, 2.05) is 13.8 Å². The molecular formula is C12H13ClN4O2. The van der Waals surface area contributed by atoms with Crippen LogP contribution in [-0.2, 0) is 0 Å². The number of amides is 1. The lowest BCUT2D eigenvalue weighted by Gasteiger charge is -2.13. The van der Waals surface area contributed by atoms with E-state index in [0.29, 0.717) is 5.76 Å². The van der Waals surface area contributed by atoms with Gasteiger partial charge in [0, 0.05) is 5.56 Å². The molecule has 6 nitrogen and oxygen atoms in total. The monoisotopic (exact) mass is 280 g/mol. The summed E-state index contributed by atoms with van der Waals surface area (Å²) < 4.78 is 5.07. The molecule has 0 radical (unpaired) electrons. The smallest absolute Gasteiger partial charge is 0.272 e. The van der Waals surface area contributed by atoms with Crippen molar-refractivity contribution in [1.82, 2.24) is 20.7 Å². The van der Waals surface area contributed by atoms with Gasteiger partial charge < -0.3 is 9.84 Å². The van der Waals surface area contributed by atoms with Gasteiger partial charge in [-0.25, -0.2) is 0 Å². The van der Waals surface area contributed by atoms with Crippen molar-refractivity contribution in [1.29, 1.82) is 0 Å². The van der Waals surface area contributed by atoms with E-state index in [1.54, 1.807) is 6.92 Å². The van der Waals surface area contributed by atoms with Crippen molar-refractivity contribution in [2.24, 2.45) is 0 Å². The summed E-state index contributed by atoms with van der Waals surface area (Å²) in [6, 6.07) is 2.81. The van der Waals surface area contributed by atoms with Crippen LogP contribution in [0, 0.1) is 13.8 Å². The lowest BCUT2D eigenvalue weighted by atomic mass is 10.1. The summed E-state index contributed by atoms with van der Waals surface area (Å²) in [5, 5.41) is 14.3. The average molecular weight is 281 g/mol. The maximum absolute atomic E-state index is 12.0. The standard InChI is InChI=1S/C12H13ClN4O2/c1-6(11-7(2)17-19-8(11)3)14-12(18)9-4-5-10(13)16-15-9/h4-6H,1-3H3,(H,14,18). The molecule has 0 aromatic carbocycles. The van der Waals surface area contributed by atoms with Crippen LogP contribution in [0.3, 0.4) is 0 Å². The molecule has 1 unspecified atom stereocenters. The first-order valence-electron chi connectivity index (χ1n) is 5.72. The minimum absolute atomic E-state index is 0.211. The number of halogens is 1. The fourth-order valence-electron chi connectivity index (χ4n) is 1.89. The van der Waals surface area contributed by atoms with Crippen molar-refractivity contribution in [3.05, 3.63) is 40.0 Å². The quantitative estimate of drug-likeness (QED) is 0.932. The van der Waals surface area contributed by atoms with E-state index in [-0.39, 0.29) is 22.8 Å². The summed E-state index contributed by atoms with van der Waals surface area (Å²) in [5.41, 5.74) is 1.84. The Kier molecular flexibility index (Phi) is 3.80. The molecule has 0 spiro atoms. The number of hydrogen-bond donors (Lipinski definition) is 1. The lowest BCUT2D eigenvalue weighted by Crippen LogP contribution is -2.28. The zero-order valence-electron chi connectivity index (χ0n) is 10.8. The fraction of sp³-hybridized carbons (Fsp3) is 0.333. The Morgan fingerprint density at radius 3 is 2.63 bits per heavy atom. The second-order valence-corrected chi connectivity index (χ2v) is 4.56. The van der Waals surface area contributed by atoms with Gasteiger partial charge in [-0.05, 0) is 32.9 Å². The van der Waals surface area contributed by atoms with Crippen LogP contribution in [0.1, 0.15) is 40.5 Å². The van der Waals surface area contributed by atoms with Gasteiger partial charge in [-0.2, -0.15) is 0 Å². The normalized spacial score (nSPS) is 12.2. The molecule has 2 aromatic heterocycles. The number of aryl methyl sites for hydroxylation is 2. The highest BCUT2D eigenvalue weighted by atomic mass is 35.5. The Bertz CT molecular complexity index is 575. The number of rotatable bonds is 3. The Morgan fingerprint density at radius 2 is 2.11 bits per heavy atom. The van der Waals surface area contributed by atoms with Crippen LogP contribution in [-0.4, -0.2) is 21.3 Å². The number of nitrogens with one attached hydrogen (secondary N) is 1. The maximum Gasteiger partial charge on any atom is 0.272 e. The number of carbonyl (C=O) groups is 1. The van der Waals surface area contributed by atoms with Crippen LogP contribution in [0.15, 0.2) is 16.7 Å². The number of hydrogen-bond acceptors (Lipinski definition) is 5. The topological polar surface area (TPSA) is 80.9 Å². The zero-order chi connectivity index (χ0) is 14.0. The predicted octanol–water partition coefficient (Wildman–Crippen LogP) is 2.23. The Hall–Kier alpha value is -1.95.